The van der Waals surface area contributed by atoms with Crippen LogP contribution in [0.3, 0.4) is 0 Å². The molecule has 0 saturated heterocycles. The van der Waals surface area contributed by atoms with Crippen molar-refractivity contribution in [2.24, 2.45) is 0 Å². The SMILES string of the molecule is C=CCOC(=O)NC1(C(=O)O)CCC1. The summed E-state index contributed by atoms with van der Waals surface area (Å²) in [6.07, 6.45) is 2.46. The van der Waals surface area contributed by atoms with Crippen LogP contribution < -0.4 is 5.32 Å². The molecule has 1 rings (SSSR count). The molecule has 0 bridgehead atoms. The molecule has 1 aliphatic carbocycles. The molecule has 5 heteroatoms. The molecule has 0 aliphatic heterocycles. The van der Waals surface area contributed by atoms with E-state index in [-0.39, 0.29) is 6.61 Å². The van der Waals surface area contributed by atoms with Crippen LogP contribution in [0.25, 0.3) is 0 Å². The number of hydrogen-bond acceptors (Lipinski definition) is 3. The Morgan fingerprint density at radius 3 is 2.57 bits per heavy atom. The minimum atomic E-state index is -1.10. The largest absolute Gasteiger partial charge is 0.480 e. The fraction of sp³-hybridized carbons (Fsp3) is 0.556. The molecule has 0 heterocycles. The Bertz CT molecular complexity index is 258. The van der Waals surface area contributed by atoms with Crippen molar-refractivity contribution in [3.05, 3.63) is 12.7 Å². The number of aliphatic carboxylic acids is 1. The summed E-state index contributed by atoms with van der Waals surface area (Å²) in [4.78, 5) is 21.9. The van der Waals surface area contributed by atoms with E-state index in [1.807, 2.05) is 0 Å². The number of amides is 1. The quantitative estimate of drug-likeness (QED) is 0.660. The molecule has 1 amide bonds. The fourth-order valence-electron chi connectivity index (χ4n) is 1.29. The van der Waals surface area contributed by atoms with Crippen molar-refractivity contribution >= 4 is 12.1 Å². The third-order valence-electron chi connectivity index (χ3n) is 2.29. The van der Waals surface area contributed by atoms with Crippen molar-refractivity contribution in [2.45, 2.75) is 24.8 Å². The van der Waals surface area contributed by atoms with Gasteiger partial charge in [0.2, 0.25) is 0 Å². The third kappa shape index (κ3) is 2.04. The standard InChI is InChI=1S/C9H13NO4/c1-2-6-14-8(13)10-9(7(11)12)4-3-5-9/h2H,1,3-6H2,(H,10,13)(H,11,12). The zero-order valence-corrected chi connectivity index (χ0v) is 7.78. The number of ether oxygens (including phenoxy) is 1. The number of alkyl carbamates (subject to hydrolysis) is 1. The lowest BCUT2D eigenvalue weighted by molar-refractivity contribution is -0.148. The van der Waals surface area contributed by atoms with E-state index in [0.29, 0.717) is 12.8 Å². The Hall–Kier alpha value is -1.52. The summed E-state index contributed by atoms with van der Waals surface area (Å²) in [6.45, 7) is 3.46. The van der Waals surface area contributed by atoms with Gasteiger partial charge in [-0.15, -0.1) is 0 Å². The molecule has 1 saturated carbocycles. The van der Waals surface area contributed by atoms with Gasteiger partial charge in [-0.25, -0.2) is 9.59 Å². The van der Waals surface area contributed by atoms with Gasteiger partial charge in [0.25, 0.3) is 0 Å². The lowest BCUT2D eigenvalue weighted by atomic mass is 9.77. The predicted octanol–water partition coefficient (Wildman–Crippen LogP) is 0.906. The second-order valence-electron chi connectivity index (χ2n) is 3.25. The average molecular weight is 199 g/mol. The number of nitrogens with one attached hydrogen (secondary N) is 1. The maximum absolute atomic E-state index is 11.1. The van der Waals surface area contributed by atoms with Gasteiger partial charge in [0.1, 0.15) is 12.1 Å². The number of carbonyl (C=O) groups excluding carboxylic acids is 1. The summed E-state index contributed by atoms with van der Waals surface area (Å²) in [5.41, 5.74) is -1.10. The molecular formula is C9H13NO4. The second-order valence-corrected chi connectivity index (χ2v) is 3.25. The van der Waals surface area contributed by atoms with E-state index in [9.17, 15) is 9.59 Å². The molecule has 0 atom stereocenters. The van der Waals surface area contributed by atoms with Crippen LogP contribution in [0.1, 0.15) is 19.3 Å². The van der Waals surface area contributed by atoms with Crippen LogP contribution in [0, 0.1) is 0 Å². The lowest BCUT2D eigenvalue weighted by Crippen LogP contribution is -2.59. The monoisotopic (exact) mass is 199 g/mol. The van der Waals surface area contributed by atoms with E-state index in [1.165, 1.54) is 6.08 Å². The number of rotatable bonds is 4. The van der Waals surface area contributed by atoms with E-state index in [1.54, 1.807) is 0 Å². The Kier molecular flexibility index (Phi) is 3.11. The Labute approximate surface area is 81.7 Å². The van der Waals surface area contributed by atoms with Crippen LogP contribution in [-0.4, -0.2) is 29.3 Å². The summed E-state index contributed by atoms with van der Waals surface area (Å²) in [5, 5.41) is 11.2. The number of carbonyl (C=O) groups is 2. The summed E-state index contributed by atoms with van der Waals surface area (Å²) in [6, 6.07) is 0. The molecule has 5 nitrogen and oxygen atoms in total. The molecule has 1 fully saturated rings. The first-order valence-electron chi connectivity index (χ1n) is 4.40. The maximum atomic E-state index is 11.1. The van der Waals surface area contributed by atoms with E-state index < -0.39 is 17.6 Å². The van der Waals surface area contributed by atoms with Crippen LogP contribution in [0.2, 0.25) is 0 Å². The maximum Gasteiger partial charge on any atom is 0.408 e. The molecule has 0 aromatic rings. The molecule has 1 aliphatic rings. The second kappa shape index (κ2) is 4.13. The first kappa shape index (κ1) is 10.6. The van der Waals surface area contributed by atoms with Crippen molar-refractivity contribution in [1.82, 2.24) is 5.32 Å². The Morgan fingerprint density at radius 2 is 2.21 bits per heavy atom. The fourth-order valence-corrected chi connectivity index (χ4v) is 1.29. The molecule has 0 unspecified atom stereocenters. The van der Waals surface area contributed by atoms with Crippen molar-refractivity contribution < 1.29 is 19.4 Å². The minimum absolute atomic E-state index is 0.0849. The van der Waals surface area contributed by atoms with Crippen LogP contribution >= 0.6 is 0 Å². The van der Waals surface area contributed by atoms with Crippen LogP contribution in [-0.2, 0) is 9.53 Å². The van der Waals surface area contributed by atoms with Gasteiger partial charge in [0, 0.05) is 0 Å². The molecular weight excluding hydrogens is 186 g/mol. The van der Waals surface area contributed by atoms with Crippen LogP contribution in [0.15, 0.2) is 12.7 Å². The third-order valence-corrected chi connectivity index (χ3v) is 2.29. The molecule has 78 valence electrons. The molecule has 0 radical (unpaired) electrons. The summed E-state index contributed by atoms with van der Waals surface area (Å²) < 4.78 is 4.64. The molecule has 0 spiro atoms. The first-order valence-corrected chi connectivity index (χ1v) is 4.40. The first-order chi connectivity index (χ1) is 6.60. The zero-order valence-electron chi connectivity index (χ0n) is 7.78. The van der Waals surface area contributed by atoms with Gasteiger partial charge >= 0.3 is 12.1 Å². The molecule has 2 N–H and O–H groups in total. The van der Waals surface area contributed by atoms with Gasteiger partial charge in [-0.1, -0.05) is 12.7 Å². The smallest absolute Gasteiger partial charge is 0.408 e. The van der Waals surface area contributed by atoms with Crippen molar-refractivity contribution in [3.8, 4) is 0 Å². The summed E-state index contributed by atoms with van der Waals surface area (Å²) in [5.74, 6) is -1.00. The van der Waals surface area contributed by atoms with Crippen molar-refractivity contribution in [2.75, 3.05) is 6.61 Å². The van der Waals surface area contributed by atoms with E-state index in [4.69, 9.17) is 5.11 Å². The van der Waals surface area contributed by atoms with Crippen LogP contribution in [0.5, 0.6) is 0 Å². The van der Waals surface area contributed by atoms with Gasteiger partial charge in [-0.3, -0.25) is 0 Å². The molecule has 0 aromatic carbocycles. The molecule has 14 heavy (non-hydrogen) atoms. The predicted molar refractivity (Wildman–Crippen MR) is 48.9 cm³/mol. The Morgan fingerprint density at radius 1 is 1.57 bits per heavy atom. The highest BCUT2D eigenvalue weighted by Crippen LogP contribution is 2.31. The number of carboxylic acid groups (broad SMARTS) is 1. The number of carboxylic acids is 1. The lowest BCUT2D eigenvalue weighted by Gasteiger charge is -2.37. The van der Waals surface area contributed by atoms with Crippen LogP contribution in [0.4, 0.5) is 4.79 Å². The summed E-state index contributed by atoms with van der Waals surface area (Å²) in [7, 11) is 0. The normalized spacial score (nSPS) is 17.7. The van der Waals surface area contributed by atoms with Gasteiger partial charge < -0.3 is 15.2 Å². The summed E-state index contributed by atoms with van der Waals surface area (Å²) >= 11 is 0. The highest BCUT2D eigenvalue weighted by molar-refractivity contribution is 5.85. The minimum Gasteiger partial charge on any atom is -0.480 e. The molecule has 0 aromatic heterocycles. The highest BCUT2D eigenvalue weighted by Gasteiger charge is 2.46. The zero-order chi connectivity index (χ0) is 10.6. The number of hydrogen-bond donors (Lipinski definition) is 2. The van der Waals surface area contributed by atoms with Gasteiger partial charge in [0.05, 0.1) is 0 Å². The van der Waals surface area contributed by atoms with E-state index in [0.717, 1.165) is 6.42 Å². The highest BCUT2D eigenvalue weighted by atomic mass is 16.5. The van der Waals surface area contributed by atoms with Gasteiger partial charge in [0.15, 0.2) is 0 Å². The van der Waals surface area contributed by atoms with Crippen molar-refractivity contribution in [3.63, 3.8) is 0 Å². The topological polar surface area (TPSA) is 75.6 Å². The Balaban J connectivity index is 2.44. The van der Waals surface area contributed by atoms with Gasteiger partial charge in [-0.2, -0.15) is 0 Å². The van der Waals surface area contributed by atoms with E-state index in [2.05, 4.69) is 16.6 Å². The average Bonchev–Trinajstić information content (AvgIpc) is 2.07. The van der Waals surface area contributed by atoms with Crippen molar-refractivity contribution in [1.29, 1.82) is 0 Å². The van der Waals surface area contributed by atoms with E-state index >= 15 is 0 Å². The van der Waals surface area contributed by atoms with Gasteiger partial charge in [-0.05, 0) is 19.3 Å².